The maximum atomic E-state index is 5.46. The molecule has 21 heavy (non-hydrogen) atoms. The van der Waals surface area contributed by atoms with E-state index in [9.17, 15) is 0 Å². The largest absolute Gasteiger partial charge is 0.338 e. The molecule has 0 amide bonds. The summed E-state index contributed by atoms with van der Waals surface area (Å²) in [7, 11) is 0. The van der Waals surface area contributed by atoms with E-state index in [1.807, 2.05) is 0 Å². The van der Waals surface area contributed by atoms with E-state index in [-0.39, 0.29) is 0 Å². The number of hydrogen-bond donors (Lipinski definition) is 2. The van der Waals surface area contributed by atoms with Gasteiger partial charge in [0.05, 0.1) is 0 Å². The van der Waals surface area contributed by atoms with Crippen LogP contribution in [0.3, 0.4) is 0 Å². The molecular formula is C12H19N9. The second-order valence-electron chi connectivity index (χ2n) is 5.42. The van der Waals surface area contributed by atoms with Crippen LogP contribution < -0.4 is 16.2 Å². The van der Waals surface area contributed by atoms with Crippen molar-refractivity contribution in [3.05, 3.63) is 12.7 Å². The van der Waals surface area contributed by atoms with Gasteiger partial charge < -0.3 is 4.90 Å². The van der Waals surface area contributed by atoms with E-state index in [1.54, 1.807) is 6.33 Å². The lowest BCUT2D eigenvalue weighted by Gasteiger charge is -2.36. The number of rotatable bonds is 3. The van der Waals surface area contributed by atoms with Crippen LogP contribution in [0.5, 0.6) is 0 Å². The quantitative estimate of drug-likeness (QED) is 0.615. The fraction of sp³-hybridized carbons (Fsp3) is 0.583. The van der Waals surface area contributed by atoms with Gasteiger partial charge in [-0.1, -0.05) is 6.92 Å². The van der Waals surface area contributed by atoms with Gasteiger partial charge in [0, 0.05) is 12.6 Å². The number of nitrogens with two attached hydrogens (primary N) is 1. The Morgan fingerprint density at radius 1 is 1.24 bits per heavy atom. The molecule has 2 aromatic rings. The number of hydrogen-bond acceptors (Lipinski definition) is 8. The maximum Gasteiger partial charge on any atom is 0.258 e. The molecule has 3 rings (SSSR count). The highest BCUT2D eigenvalue weighted by Gasteiger charge is 2.26. The fourth-order valence-corrected chi connectivity index (χ4v) is 2.67. The average molecular weight is 289 g/mol. The van der Waals surface area contributed by atoms with Crippen molar-refractivity contribution < 1.29 is 0 Å². The Morgan fingerprint density at radius 3 is 2.71 bits per heavy atom. The topological polar surface area (TPSA) is 111 Å². The zero-order valence-electron chi connectivity index (χ0n) is 12.1. The zero-order valence-corrected chi connectivity index (χ0v) is 12.1. The van der Waals surface area contributed by atoms with E-state index in [1.165, 1.54) is 11.0 Å². The highest BCUT2D eigenvalue weighted by atomic mass is 15.4. The molecule has 112 valence electrons. The molecule has 0 bridgehead atoms. The summed E-state index contributed by atoms with van der Waals surface area (Å²) < 4.78 is 1.49. The Hall–Kier alpha value is -2.29. The fourth-order valence-electron chi connectivity index (χ4n) is 2.67. The van der Waals surface area contributed by atoms with Crippen LogP contribution in [0, 0.1) is 5.92 Å². The first kappa shape index (κ1) is 13.7. The average Bonchev–Trinajstić information content (AvgIpc) is 3.01. The number of hydrazine groups is 1. The molecule has 2 aromatic heterocycles. The molecule has 2 unspecified atom stereocenters. The van der Waals surface area contributed by atoms with Crippen molar-refractivity contribution in [3.63, 3.8) is 0 Å². The molecule has 9 nitrogen and oxygen atoms in total. The van der Waals surface area contributed by atoms with Gasteiger partial charge in [0.15, 0.2) is 0 Å². The van der Waals surface area contributed by atoms with Crippen molar-refractivity contribution in [2.75, 3.05) is 16.9 Å². The van der Waals surface area contributed by atoms with Gasteiger partial charge in [-0.05, 0) is 25.7 Å². The lowest BCUT2D eigenvalue weighted by molar-refractivity contribution is 0.373. The summed E-state index contributed by atoms with van der Waals surface area (Å²) in [5.41, 5.74) is 2.48. The van der Waals surface area contributed by atoms with Crippen LogP contribution in [0.25, 0.3) is 5.95 Å². The summed E-state index contributed by atoms with van der Waals surface area (Å²) in [5, 5.41) is 4.04. The summed E-state index contributed by atoms with van der Waals surface area (Å²) >= 11 is 0. The van der Waals surface area contributed by atoms with Gasteiger partial charge in [0.25, 0.3) is 5.95 Å². The van der Waals surface area contributed by atoms with E-state index < -0.39 is 0 Å². The summed E-state index contributed by atoms with van der Waals surface area (Å²) in [6.07, 6.45) is 5.22. The Balaban J connectivity index is 1.96. The van der Waals surface area contributed by atoms with Gasteiger partial charge in [-0.2, -0.15) is 24.7 Å². The summed E-state index contributed by atoms with van der Waals surface area (Å²) in [6, 6.07) is 0.380. The van der Waals surface area contributed by atoms with Crippen LogP contribution >= 0.6 is 0 Å². The Bertz CT molecular complexity index is 597. The molecular weight excluding hydrogens is 270 g/mol. The molecule has 0 aliphatic carbocycles. The van der Waals surface area contributed by atoms with Gasteiger partial charge in [0.1, 0.15) is 12.7 Å². The van der Waals surface area contributed by atoms with Crippen molar-refractivity contribution in [1.82, 2.24) is 29.7 Å². The third kappa shape index (κ3) is 2.77. The minimum Gasteiger partial charge on any atom is -0.338 e. The molecule has 1 aliphatic heterocycles. The summed E-state index contributed by atoms with van der Waals surface area (Å²) in [5.74, 6) is 7.51. The Labute approximate surface area is 122 Å². The summed E-state index contributed by atoms with van der Waals surface area (Å²) in [4.78, 5) is 19.2. The first-order chi connectivity index (χ1) is 10.2. The molecule has 1 saturated heterocycles. The standard InChI is InChI=1S/C12H19N9/c1-8-3-4-20(9(2)5-8)11-16-10(19-13)17-12(18-11)21-7-14-6-15-21/h6-9H,3-5,13H2,1-2H3,(H,16,17,18,19). The van der Waals surface area contributed by atoms with Gasteiger partial charge in [-0.15, -0.1) is 0 Å². The third-order valence-corrected chi connectivity index (χ3v) is 3.76. The smallest absolute Gasteiger partial charge is 0.258 e. The molecule has 3 N–H and O–H groups in total. The van der Waals surface area contributed by atoms with E-state index in [4.69, 9.17) is 5.84 Å². The van der Waals surface area contributed by atoms with Crippen molar-refractivity contribution >= 4 is 11.9 Å². The molecule has 9 heteroatoms. The Morgan fingerprint density at radius 2 is 2.05 bits per heavy atom. The van der Waals surface area contributed by atoms with Gasteiger partial charge in [-0.25, -0.2) is 10.8 Å². The van der Waals surface area contributed by atoms with Crippen molar-refractivity contribution in [3.8, 4) is 5.95 Å². The molecule has 3 heterocycles. The number of nitrogen functional groups attached to an aromatic ring is 1. The van der Waals surface area contributed by atoms with Crippen LogP contribution in [0.1, 0.15) is 26.7 Å². The second-order valence-corrected chi connectivity index (χ2v) is 5.42. The Kier molecular flexibility index (Phi) is 3.65. The van der Waals surface area contributed by atoms with Crippen molar-refractivity contribution in [1.29, 1.82) is 0 Å². The number of aromatic nitrogens is 6. The molecule has 0 radical (unpaired) electrons. The minimum atomic E-state index is 0.316. The minimum absolute atomic E-state index is 0.316. The third-order valence-electron chi connectivity index (χ3n) is 3.76. The van der Waals surface area contributed by atoms with Crippen molar-refractivity contribution in [2.45, 2.75) is 32.7 Å². The second kappa shape index (κ2) is 5.60. The number of piperidine rings is 1. The van der Waals surface area contributed by atoms with Gasteiger partial charge >= 0.3 is 0 Å². The highest BCUT2D eigenvalue weighted by molar-refractivity contribution is 5.40. The SMILES string of the molecule is CC1CCN(c2nc(NN)nc(-n3cncn3)n2)C(C)C1. The van der Waals surface area contributed by atoms with E-state index in [2.05, 4.69) is 49.2 Å². The summed E-state index contributed by atoms with van der Waals surface area (Å²) in [6.45, 7) is 5.38. The molecule has 0 spiro atoms. The first-order valence-electron chi connectivity index (χ1n) is 7.01. The van der Waals surface area contributed by atoms with Crippen LogP contribution in [-0.2, 0) is 0 Å². The maximum absolute atomic E-state index is 5.46. The molecule has 0 aromatic carbocycles. The lowest BCUT2D eigenvalue weighted by Crippen LogP contribution is -2.41. The van der Waals surface area contributed by atoms with Crippen LogP contribution in [-0.4, -0.2) is 42.3 Å². The van der Waals surface area contributed by atoms with Crippen LogP contribution in [0.15, 0.2) is 12.7 Å². The predicted octanol–water partition coefficient (Wildman–Crippen LogP) is 0.363. The highest BCUT2D eigenvalue weighted by Crippen LogP contribution is 2.26. The predicted molar refractivity (Wildman–Crippen MR) is 77.8 cm³/mol. The number of nitrogens with zero attached hydrogens (tertiary/aromatic N) is 7. The van der Waals surface area contributed by atoms with Crippen LogP contribution in [0.2, 0.25) is 0 Å². The lowest BCUT2D eigenvalue weighted by atomic mass is 9.94. The van der Waals surface area contributed by atoms with Gasteiger partial charge in [-0.3, -0.25) is 5.43 Å². The van der Waals surface area contributed by atoms with Crippen LogP contribution in [0.4, 0.5) is 11.9 Å². The molecule has 0 saturated carbocycles. The molecule has 1 fully saturated rings. The molecule has 2 atom stereocenters. The monoisotopic (exact) mass is 289 g/mol. The number of anilines is 2. The van der Waals surface area contributed by atoms with E-state index in [0.717, 1.165) is 25.3 Å². The van der Waals surface area contributed by atoms with Crippen molar-refractivity contribution in [2.24, 2.45) is 11.8 Å². The van der Waals surface area contributed by atoms with E-state index in [0.29, 0.717) is 23.9 Å². The van der Waals surface area contributed by atoms with Gasteiger partial charge in [0.2, 0.25) is 11.9 Å². The first-order valence-corrected chi connectivity index (χ1v) is 7.01. The molecule has 1 aliphatic rings. The number of nitrogens with one attached hydrogen (secondary N) is 1. The zero-order chi connectivity index (χ0) is 14.8. The normalized spacial score (nSPS) is 22.3. The van der Waals surface area contributed by atoms with E-state index >= 15 is 0 Å².